The number of carbonyl (C=O) groups excluding carboxylic acids is 2. The molecule has 3 aromatic rings. The molecule has 9 nitrogen and oxygen atoms in total. The number of nitrogens with one attached hydrogen (secondary N) is 2. The van der Waals surface area contributed by atoms with E-state index < -0.39 is 11.9 Å². The summed E-state index contributed by atoms with van der Waals surface area (Å²) in [4.78, 5) is 31.1. The van der Waals surface area contributed by atoms with Crippen molar-refractivity contribution in [3.8, 4) is 0 Å². The van der Waals surface area contributed by atoms with Crippen LogP contribution in [-0.4, -0.2) is 37.5 Å². The molecule has 0 saturated carbocycles. The third-order valence-corrected chi connectivity index (χ3v) is 8.34. The van der Waals surface area contributed by atoms with Crippen LogP contribution in [0.4, 0.5) is 5.69 Å². The van der Waals surface area contributed by atoms with Crippen molar-refractivity contribution in [2.75, 3.05) is 5.32 Å². The fourth-order valence-corrected chi connectivity index (χ4v) is 6.36. The quantitative estimate of drug-likeness (QED) is 0.308. The van der Waals surface area contributed by atoms with Gasteiger partial charge in [0.1, 0.15) is 11.9 Å². The van der Waals surface area contributed by atoms with Crippen LogP contribution in [0.5, 0.6) is 0 Å². The minimum atomic E-state index is -0.627. The Labute approximate surface area is 223 Å². The first-order valence-electron chi connectivity index (χ1n) is 11.7. The largest absolute Gasteiger partial charge is 0.326 e. The number of nitrogens with zero attached hydrogens (tertiary/aromatic N) is 4. The van der Waals surface area contributed by atoms with E-state index in [-0.39, 0.29) is 29.2 Å². The minimum Gasteiger partial charge on any atom is -0.326 e. The van der Waals surface area contributed by atoms with Gasteiger partial charge in [0.05, 0.1) is 23.4 Å². The number of thioether (sulfide) groups is 1. The number of carbonyl (C=O) groups is 2. The Bertz CT molecular complexity index is 1430. The van der Waals surface area contributed by atoms with Crippen molar-refractivity contribution >= 4 is 46.6 Å². The van der Waals surface area contributed by atoms with Crippen LogP contribution in [0.15, 0.2) is 64.0 Å². The lowest BCUT2D eigenvalue weighted by molar-refractivity contribution is -0.116. The van der Waals surface area contributed by atoms with Gasteiger partial charge in [-0.3, -0.25) is 24.4 Å². The Hall–Kier alpha value is -3.47. The average Bonchev–Trinajstić information content (AvgIpc) is 3.36. The molecule has 0 saturated heterocycles. The van der Waals surface area contributed by atoms with E-state index in [2.05, 4.69) is 33.9 Å². The Balaban J connectivity index is 1.50. The maximum Gasteiger partial charge on any atom is 0.274 e. The molecule has 3 atom stereocenters. The third-order valence-electron chi connectivity index (χ3n) is 6.69. The first-order chi connectivity index (χ1) is 17.8. The van der Waals surface area contributed by atoms with E-state index in [9.17, 15) is 9.59 Å². The van der Waals surface area contributed by atoms with Crippen LogP contribution in [0, 0.1) is 12.8 Å². The number of anilines is 1. The fourth-order valence-electron chi connectivity index (χ4n) is 4.72. The van der Waals surface area contributed by atoms with Crippen LogP contribution in [0.25, 0.3) is 0 Å². The highest BCUT2D eigenvalue weighted by molar-refractivity contribution is 8.03. The Morgan fingerprint density at radius 3 is 2.43 bits per heavy atom. The van der Waals surface area contributed by atoms with Gasteiger partial charge in [-0.15, -0.1) is 22.0 Å². The average molecular weight is 537 g/mol. The molecular formula is C26H25ClN6O3S. The Kier molecular flexibility index (Phi) is 6.89. The topological polar surface area (TPSA) is 122 Å². The molecule has 0 fully saturated rings. The summed E-state index contributed by atoms with van der Waals surface area (Å²) in [5.74, 6) is 0.544. The molecule has 37 heavy (non-hydrogen) atoms. The maximum absolute atomic E-state index is 13.1. The molecule has 0 radical (unpaired) electrons. The molecule has 2 unspecified atom stereocenters. The van der Waals surface area contributed by atoms with Gasteiger partial charge in [0.25, 0.3) is 5.91 Å². The lowest BCUT2D eigenvalue weighted by atomic mass is 9.90. The van der Waals surface area contributed by atoms with E-state index in [0.29, 0.717) is 16.5 Å². The van der Waals surface area contributed by atoms with E-state index in [1.807, 2.05) is 31.2 Å². The maximum atomic E-state index is 13.1. The molecule has 190 valence electrons. The van der Waals surface area contributed by atoms with Crippen molar-refractivity contribution in [1.82, 2.24) is 20.2 Å². The molecule has 3 N–H and O–H groups in total. The fraction of sp³-hybridized carbons (Fsp3) is 0.269. The highest BCUT2D eigenvalue weighted by Crippen LogP contribution is 2.52. The van der Waals surface area contributed by atoms with Crippen molar-refractivity contribution < 1.29 is 14.8 Å². The van der Waals surface area contributed by atoms with Crippen molar-refractivity contribution in [3.05, 3.63) is 86.8 Å². The zero-order valence-corrected chi connectivity index (χ0v) is 22.0. The summed E-state index contributed by atoms with van der Waals surface area (Å²) in [6.45, 7) is 6.17. The monoisotopic (exact) mass is 536 g/mol. The molecule has 2 aliphatic rings. The number of hydroxylamine groups is 1. The number of allylic oxidation sites excluding steroid dienone is 2. The van der Waals surface area contributed by atoms with Crippen LogP contribution in [-0.2, 0) is 4.79 Å². The number of aromatic nitrogens is 3. The van der Waals surface area contributed by atoms with Gasteiger partial charge >= 0.3 is 0 Å². The van der Waals surface area contributed by atoms with Gasteiger partial charge < -0.3 is 5.32 Å². The normalized spacial score (nSPS) is 20.6. The van der Waals surface area contributed by atoms with Gasteiger partial charge in [-0.1, -0.05) is 29.3 Å². The molecule has 0 spiro atoms. The van der Waals surface area contributed by atoms with Gasteiger partial charge in [0, 0.05) is 16.3 Å². The number of hydrogen-bond acceptors (Lipinski definition) is 7. The summed E-state index contributed by atoms with van der Waals surface area (Å²) in [5, 5.41) is 21.1. The zero-order valence-electron chi connectivity index (χ0n) is 20.4. The Morgan fingerprint density at radius 2 is 1.76 bits per heavy atom. The lowest BCUT2D eigenvalue weighted by Crippen LogP contribution is -2.23. The second kappa shape index (κ2) is 10.1. The molecule has 0 bridgehead atoms. The summed E-state index contributed by atoms with van der Waals surface area (Å²) in [7, 11) is 0. The second-order valence-electron chi connectivity index (χ2n) is 9.01. The van der Waals surface area contributed by atoms with Crippen molar-refractivity contribution in [2.24, 2.45) is 10.9 Å². The molecule has 1 aromatic heterocycles. The number of aryl methyl sites for hydroxylation is 1. The summed E-state index contributed by atoms with van der Waals surface area (Å²) in [6.07, 6.45) is 0.0555. The molecule has 2 amide bonds. The number of fused-ring (bicyclic) bond motifs is 3. The molecule has 0 aliphatic carbocycles. The minimum absolute atomic E-state index is 0.00194. The summed E-state index contributed by atoms with van der Waals surface area (Å²) in [5.41, 5.74) is 5.46. The van der Waals surface area contributed by atoms with Gasteiger partial charge in [-0.05, 0) is 67.6 Å². The number of aliphatic imine (C=N–C) groups is 1. The first kappa shape index (κ1) is 25.2. The van der Waals surface area contributed by atoms with E-state index in [4.69, 9.17) is 21.8 Å². The molecule has 11 heteroatoms. The second-order valence-corrected chi connectivity index (χ2v) is 10.8. The number of amides is 2. The van der Waals surface area contributed by atoms with Crippen LogP contribution in [0.2, 0.25) is 5.02 Å². The van der Waals surface area contributed by atoms with E-state index in [0.717, 1.165) is 17.1 Å². The predicted molar refractivity (Wildman–Crippen MR) is 143 cm³/mol. The van der Waals surface area contributed by atoms with Crippen LogP contribution in [0.1, 0.15) is 59.3 Å². The van der Waals surface area contributed by atoms with Crippen LogP contribution >= 0.6 is 23.4 Å². The van der Waals surface area contributed by atoms with Gasteiger partial charge in [-0.25, -0.2) is 5.48 Å². The van der Waals surface area contributed by atoms with Gasteiger partial charge in [0.15, 0.2) is 5.82 Å². The molecule has 2 aliphatic heterocycles. The number of hydrogen-bond donors (Lipinski definition) is 3. The summed E-state index contributed by atoms with van der Waals surface area (Å²) in [6, 6.07) is 13.3. The smallest absolute Gasteiger partial charge is 0.274 e. The number of rotatable bonds is 5. The van der Waals surface area contributed by atoms with E-state index >= 15 is 0 Å². The first-order valence-corrected chi connectivity index (χ1v) is 13.0. The summed E-state index contributed by atoms with van der Waals surface area (Å²) >= 11 is 7.94. The molecule has 2 aromatic carbocycles. The van der Waals surface area contributed by atoms with Crippen molar-refractivity contribution in [3.63, 3.8) is 0 Å². The molecule has 3 heterocycles. The van der Waals surface area contributed by atoms with Crippen molar-refractivity contribution in [1.29, 1.82) is 0 Å². The van der Waals surface area contributed by atoms with Gasteiger partial charge in [-0.2, -0.15) is 0 Å². The predicted octanol–water partition coefficient (Wildman–Crippen LogP) is 5.09. The SMILES string of the molecule is CC1=C(C)C2C(c3ccc(Cl)cc3)=N[C@@H](CC(=O)Nc3ccc(C(=O)NO)cc3)c3nnc(C)n3C2S1. The highest BCUT2D eigenvalue weighted by Gasteiger charge is 2.42. The highest BCUT2D eigenvalue weighted by atomic mass is 35.5. The van der Waals surface area contributed by atoms with Crippen LogP contribution in [0.3, 0.4) is 0 Å². The summed E-state index contributed by atoms with van der Waals surface area (Å²) < 4.78 is 2.11. The zero-order chi connectivity index (χ0) is 26.3. The molecule has 5 rings (SSSR count). The van der Waals surface area contributed by atoms with Gasteiger partial charge in [0.2, 0.25) is 5.91 Å². The molecular weight excluding hydrogens is 512 g/mol. The van der Waals surface area contributed by atoms with E-state index in [1.54, 1.807) is 29.4 Å². The van der Waals surface area contributed by atoms with E-state index in [1.165, 1.54) is 22.6 Å². The standard InChI is InChI=1S/C26H25ClN6O3S/c1-13-14(2)37-26-22(13)23(16-4-8-18(27)9-5-16)29-20(24-31-30-15(3)33(24)26)12-21(34)28-19-10-6-17(7-11-19)25(35)32-36/h4-11,20,22,26,36H,12H2,1-3H3,(H,28,34)(H,32,35)/t20-,22?,26?/m0/s1. The number of halogens is 1. The third kappa shape index (κ3) is 4.79. The van der Waals surface area contributed by atoms with Crippen LogP contribution < -0.4 is 10.8 Å². The lowest BCUT2D eigenvalue weighted by Gasteiger charge is -2.23. The Morgan fingerprint density at radius 1 is 1.05 bits per heavy atom. The number of benzene rings is 2. The van der Waals surface area contributed by atoms with Crippen molar-refractivity contribution in [2.45, 2.75) is 38.6 Å².